The molecule has 0 saturated carbocycles. The van der Waals surface area contributed by atoms with E-state index >= 15 is 0 Å². The van der Waals surface area contributed by atoms with Gasteiger partial charge in [-0.25, -0.2) is 13.4 Å². The number of carbonyl (C=O) groups is 1. The molecule has 2 aliphatic rings. The average Bonchev–Trinajstić information content (AvgIpc) is 3.12. The van der Waals surface area contributed by atoms with Crippen molar-refractivity contribution >= 4 is 39.1 Å². The number of hydrogen-bond donors (Lipinski definition) is 3. The van der Waals surface area contributed by atoms with Crippen molar-refractivity contribution in [2.24, 2.45) is 0 Å². The van der Waals surface area contributed by atoms with Crippen molar-refractivity contribution in [2.45, 2.75) is 25.1 Å². The SMILES string of the molecule is CS(=O)(=O)N1CCOC[C@H]1CCNc1nc(Nc2ccc3c(c2)CC(=O)N3)ncc1C(F)(F)F. The first-order valence-electron chi connectivity index (χ1n) is 10.4. The molecule has 0 radical (unpaired) electrons. The molecule has 1 amide bonds. The zero-order chi connectivity index (χ0) is 24.5. The van der Waals surface area contributed by atoms with Gasteiger partial charge in [0.15, 0.2) is 0 Å². The molecular formula is C20H23F3N6O4S. The van der Waals surface area contributed by atoms with E-state index in [1.54, 1.807) is 18.2 Å². The lowest BCUT2D eigenvalue weighted by atomic mass is 10.1. The zero-order valence-electron chi connectivity index (χ0n) is 18.1. The van der Waals surface area contributed by atoms with E-state index in [1.165, 1.54) is 4.31 Å². The highest BCUT2D eigenvalue weighted by Crippen LogP contribution is 2.34. The van der Waals surface area contributed by atoms with Gasteiger partial charge in [-0.15, -0.1) is 0 Å². The smallest absolute Gasteiger partial charge is 0.378 e. The normalized spacial score (nSPS) is 18.9. The van der Waals surface area contributed by atoms with Gasteiger partial charge in [-0.2, -0.15) is 22.5 Å². The summed E-state index contributed by atoms with van der Waals surface area (Å²) < 4.78 is 71.1. The van der Waals surface area contributed by atoms with Crippen molar-refractivity contribution in [3.8, 4) is 0 Å². The molecule has 34 heavy (non-hydrogen) atoms. The molecule has 184 valence electrons. The number of sulfonamides is 1. The number of benzene rings is 1. The highest BCUT2D eigenvalue weighted by atomic mass is 32.2. The van der Waals surface area contributed by atoms with Crippen molar-refractivity contribution in [1.29, 1.82) is 0 Å². The zero-order valence-corrected chi connectivity index (χ0v) is 19.0. The van der Waals surface area contributed by atoms with Crippen LogP contribution in [0.1, 0.15) is 17.5 Å². The van der Waals surface area contributed by atoms with Crippen LogP contribution in [0.5, 0.6) is 0 Å². The molecule has 2 aromatic rings. The monoisotopic (exact) mass is 500 g/mol. The number of halogens is 3. The van der Waals surface area contributed by atoms with Gasteiger partial charge in [-0.3, -0.25) is 4.79 Å². The number of alkyl halides is 3. The van der Waals surface area contributed by atoms with Crippen LogP contribution < -0.4 is 16.0 Å². The molecule has 1 atom stereocenters. The van der Waals surface area contributed by atoms with Crippen molar-refractivity contribution in [3.05, 3.63) is 35.5 Å². The minimum absolute atomic E-state index is 0.0339. The number of morpholine rings is 1. The van der Waals surface area contributed by atoms with Crippen molar-refractivity contribution in [1.82, 2.24) is 14.3 Å². The van der Waals surface area contributed by atoms with Crippen molar-refractivity contribution in [3.63, 3.8) is 0 Å². The minimum Gasteiger partial charge on any atom is -0.378 e. The highest BCUT2D eigenvalue weighted by Gasteiger charge is 2.36. The van der Waals surface area contributed by atoms with Gasteiger partial charge in [0.05, 0.1) is 25.9 Å². The van der Waals surface area contributed by atoms with Gasteiger partial charge < -0.3 is 20.7 Å². The third kappa shape index (κ3) is 5.56. The van der Waals surface area contributed by atoms with Crippen LogP contribution in [0, 0.1) is 0 Å². The van der Waals surface area contributed by atoms with E-state index in [2.05, 4.69) is 25.9 Å². The number of nitrogens with one attached hydrogen (secondary N) is 3. The summed E-state index contributed by atoms with van der Waals surface area (Å²) in [4.78, 5) is 19.3. The first-order chi connectivity index (χ1) is 16.0. The Hall–Kier alpha value is -2.97. The van der Waals surface area contributed by atoms with Gasteiger partial charge >= 0.3 is 6.18 Å². The summed E-state index contributed by atoms with van der Waals surface area (Å²) in [5, 5.41) is 8.23. The minimum atomic E-state index is -4.69. The Labute approximate surface area is 194 Å². The van der Waals surface area contributed by atoms with E-state index < -0.39 is 33.6 Å². The van der Waals surface area contributed by atoms with Gasteiger partial charge in [0.2, 0.25) is 21.9 Å². The first-order valence-corrected chi connectivity index (χ1v) is 12.3. The fourth-order valence-electron chi connectivity index (χ4n) is 3.88. The van der Waals surface area contributed by atoms with E-state index in [0.717, 1.165) is 11.8 Å². The van der Waals surface area contributed by atoms with Crippen LogP contribution in [0.4, 0.5) is 36.3 Å². The number of fused-ring (bicyclic) bond motifs is 1. The Morgan fingerprint density at radius 2 is 2.12 bits per heavy atom. The van der Waals surface area contributed by atoms with Crippen LogP contribution in [0.25, 0.3) is 0 Å². The second-order valence-corrected chi connectivity index (χ2v) is 9.93. The molecule has 1 saturated heterocycles. The molecular weight excluding hydrogens is 477 g/mol. The molecule has 10 nitrogen and oxygen atoms in total. The van der Waals surface area contributed by atoms with Crippen LogP contribution in [0.3, 0.4) is 0 Å². The number of nitrogens with zero attached hydrogens (tertiary/aromatic N) is 3. The van der Waals surface area contributed by atoms with Crippen LogP contribution in [0.2, 0.25) is 0 Å². The fourth-order valence-corrected chi connectivity index (χ4v) is 5.00. The summed E-state index contributed by atoms with van der Waals surface area (Å²) in [6, 6.07) is 4.55. The second-order valence-electron chi connectivity index (χ2n) is 7.99. The topological polar surface area (TPSA) is 126 Å². The molecule has 2 aliphatic heterocycles. The molecule has 1 aromatic carbocycles. The Morgan fingerprint density at radius 3 is 2.85 bits per heavy atom. The molecule has 1 aromatic heterocycles. The molecule has 0 spiro atoms. The van der Waals surface area contributed by atoms with Crippen LogP contribution in [-0.2, 0) is 32.2 Å². The molecule has 3 N–H and O–H groups in total. The summed E-state index contributed by atoms with van der Waals surface area (Å²) in [5.41, 5.74) is 0.914. The van der Waals surface area contributed by atoms with Gasteiger partial charge in [0.25, 0.3) is 0 Å². The Balaban J connectivity index is 1.49. The predicted molar refractivity (Wildman–Crippen MR) is 118 cm³/mol. The van der Waals surface area contributed by atoms with Crippen molar-refractivity contribution in [2.75, 3.05) is 48.5 Å². The van der Waals surface area contributed by atoms with Crippen LogP contribution >= 0.6 is 0 Å². The number of rotatable bonds is 7. The molecule has 0 unspecified atom stereocenters. The number of carbonyl (C=O) groups excluding carboxylic acids is 1. The van der Waals surface area contributed by atoms with E-state index in [1.807, 2.05) is 0 Å². The Kier molecular flexibility index (Phi) is 6.64. The summed E-state index contributed by atoms with van der Waals surface area (Å²) in [6.07, 6.45) is -2.48. The molecule has 0 bridgehead atoms. The molecule has 1 fully saturated rings. The van der Waals surface area contributed by atoms with E-state index in [-0.39, 0.29) is 51.0 Å². The Morgan fingerprint density at radius 1 is 1.32 bits per heavy atom. The third-order valence-electron chi connectivity index (χ3n) is 5.45. The van der Waals surface area contributed by atoms with Crippen LogP contribution in [0.15, 0.2) is 24.4 Å². The standard InChI is InChI=1S/C20H23F3N6O4S/c1-34(31,32)29-6-7-33-11-14(29)4-5-24-18-15(20(21,22)23)10-25-19(28-18)26-13-2-3-16-12(8-13)9-17(30)27-16/h2-3,8,10,14H,4-7,9,11H2,1H3,(H,27,30)(H2,24,25,26,28)/t14-/m1/s1. The van der Waals surface area contributed by atoms with Crippen molar-refractivity contribution < 1.29 is 31.1 Å². The highest BCUT2D eigenvalue weighted by molar-refractivity contribution is 7.88. The third-order valence-corrected chi connectivity index (χ3v) is 6.78. The number of hydrogen-bond acceptors (Lipinski definition) is 8. The van der Waals surface area contributed by atoms with Crippen LogP contribution in [-0.4, -0.2) is 67.2 Å². The first kappa shape index (κ1) is 24.2. The number of anilines is 4. The largest absolute Gasteiger partial charge is 0.421 e. The lowest BCUT2D eigenvalue weighted by molar-refractivity contribution is -0.137. The summed E-state index contributed by atoms with van der Waals surface area (Å²) >= 11 is 0. The average molecular weight is 501 g/mol. The summed E-state index contributed by atoms with van der Waals surface area (Å²) in [5.74, 6) is -0.626. The molecule has 4 rings (SSSR count). The lowest BCUT2D eigenvalue weighted by Crippen LogP contribution is -2.48. The second kappa shape index (κ2) is 9.35. The van der Waals surface area contributed by atoms with E-state index in [4.69, 9.17) is 4.74 Å². The Bertz CT molecular complexity index is 1190. The summed E-state index contributed by atoms with van der Waals surface area (Å²) in [7, 11) is -3.47. The van der Waals surface area contributed by atoms with E-state index in [9.17, 15) is 26.4 Å². The van der Waals surface area contributed by atoms with Gasteiger partial charge in [-0.05, 0) is 30.2 Å². The van der Waals surface area contributed by atoms with E-state index in [0.29, 0.717) is 17.6 Å². The molecule has 0 aliphatic carbocycles. The number of aromatic nitrogens is 2. The fraction of sp³-hybridized carbons (Fsp3) is 0.450. The number of ether oxygens (including phenoxy) is 1. The van der Waals surface area contributed by atoms with Gasteiger partial charge in [0.1, 0.15) is 11.4 Å². The predicted octanol–water partition coefficient (Wildman–Crippen LogP) is 2.20. The maximum absolute atomic E-state index is 13.5. The lowest BCUT2D eigenvalue weighted by Gasteiger charge is -2.33. The number of amides is 1. The summed E-state index contributed by atoms with van der Waals surface area (Å²) in [6.45, 7) is 0.656. The molecule has 14 heteroatoms. The van der Waals surface area contributed by atoms with Gasteiger partial charge in [-0.1, -0.05) is 0 Å². The maximum Gasteiger partial charge on any atom is 0.421 e. The quantitative estimate of drug-likeness (QED) is 0.529. The maximum atomic E-state index is 13.5. The van der Waals surface area contributed by atoms with Gasteiger partial charge in [0, 0.05) is 36.7 Å². The molecule has 3 heterocycles.